The maximum atomic E-state index is 9.42. The Kier molecular flexibility index (Phi) is 10.1. The molecule has 0 aromatic heterocycles. The molecule has 4 atom stereocenters. The molecule has 0 saturated carbocycles. The lowest BCUT2D eigenvalue weighted by Gasteiger charge is -2.27. The van der Waals surface area contributed by atoms with Gasteiger partial charge in [-0.05, 0) is 19.1 Å². The lowest BCUT2D eigenvalue weighted by atomic mass is 10.2. The summed E-state index contributed by atoms with van der Waals surface area (Å²) in [5.41, 5.74) is 0. The zero-order valence-corrected chi connectivity index (χ0v) is 10.8. The second-order valence-electron chi connectivity index (χ2n) is 3.66. The molecule has 0 aliphatic heterocycles. The Morgan fingerprint density at radius 2 is 1.82 bits per heavy atom. The molecule has 0 aromatic rings. The van der Waals surface area contributed by atoms with Gasteiger partial charge in [0.1, 0.15) is 18.3 Å². The number of hydrogen-bond donors (Lipinski definition) is 5. The lowest BCUT2D eigenvalue weighted by molar-refractivity contribution is -0.235. The average Bonchev–Trinajstić information content (AvgIpc) is 2.32. The Bertz CT molecular complexity index is 180. The summed E-state index contributed by atoms with van der Waals surface area (Å²) < 4.78 is 10.4. The Balaban J connectivity index is 4.20. The predicted octanol–water partition coefficient (Wildman–Crippen LogP) is -1.24. The van der Waals surface area contributed by atoms with E-state index in [1.54, 1.807) is 0 Å². The highest BCUT2D eigenvalue weighted by Gasteiger charge is 2.25. The molecule has 0 fully saturated rings. The fourth-order valence-corrected chi connectivity index (χ4v) is 1.23. The van der Waals surface area contributed by atoms with Crippen LogP contribution in [0.3, 0.4) is 0 Å². The maximum Gasteiger partial charge on any atom is 0.183 e. The van der Waals surface area contributed by atoms with Crippen molar-refractivity contribution in [3.8, 4) is 0 Å². The van der Waals surface area contributed by atoms with Gasteiger partial charge in [0.25, 0.3) is 0 Å². The maximum absolute atomic E-state index is 9.42. The smallest absolute Gasteiger partial charge is 0.183 e. The molecule has 0 spiro atoms. The zero-order valence-electron chi connectivity index (χ0n) is 9.90. The van der Waals surface area contributed by atoms with Crippen LogP contribution in [0.4, 0.5) is 0 Å². The second kappa shape index (κ2) is 10.1. The monoisotopic (exact) mass is 270 g/mol. The molecule has 17 heavy (non-hydrogen) atoms. The summed E-state index contributed by atoms with van der Waals surface area (Å²) in [7, 11) is 0. The summed E-state index contributed by atoms with van der Waals surface area (Å²) >= 11 is 4.01. The van der Waals surface area contributed by atoms with Crippen molar-refractivity contribution in [3.63, 3.8) is 0 Å². The molecular formula is C10H22O6S. The molecule has 6 nitrogen and oxygen atoms in total. The van der Waals surface area contributed by atoms with E-state index in [9.17, 15) is 10.2 Å². The van der Waals surface area contributed by atoms with E-state index in [0.717, 1.165) is 0 Å². The molecule has 0 aliphatic rings. The van der Waals surface area contributed by atoms with E-state index >= 15 is 0 Å². The van der Waals surface area contributed by atoms with Gasteiger partial charge in [-0.25, -0.2) is 0 Å². The molecule has 0 amide bonds. The number of aliphatic hydroxyl groups excluding tert-OH is 4. The van der Waals surface area contributed by atoms with Gasteiger partial charge >= 0.3 is 0 Å². The minimum absolute atomic E-state index is 0.354. The first kappa shape index (κ1) is 17.1. The Hall–Kier alpha value is 0.110. The third-order valence-corrected chi connectivity index (χ3v) is 2.40. The average molecular weight is 270 g/mol. The van der Waals surface area contributed by atoms with E-state index in [1.807, 2.05) is 0 Å². The van der Waals surface area contributed by atoms with Crippen molar-refractivity contribution in [2.75, 3.05) is 25.6 Å². The van der Waals surface area contributed by atoms with Gasteiger partial charge in [-0.15, -0.1) is 0 Å². The van der Waals surface area contributed by atoms with Crippen molar-refractivity contribution in [3.05, 3.63) is 0 Å². The van der Waals surface area contributed by atoms with Gasteiger partial charge in [-0.2, -0.15) is 12.6 Å². The molecule has 7 heteroatoms. The molecule has 0 saturated heterocycles. The van der Waals surface area contributed by atoms with Crippen LogP contribution in [0.5, 0.6) is 0 Å². The summed E-state index contributed by atoms with van der Waals surface area (Å²) in [6.45, 7) is 0.826. The third kappa shape index (κ3) is 7.20. The highest BCUT2D eigenvalue weighted by atomic mass is 32.1. The van der Waals surface area contributed by atoms with Crippen molar-refractivity contribution >= 4 is 12.6 Å². The first-order valence-electron chi connectivity index (χ1n) is 5.52. The minimum Gasteiger partial charge on any atom is -0.394 e. The first-order chi connectivity index (χ1) is 8.06. The predicted molar refractivity (Wildman–Crippen MR) is 64.9 cm³/mol. The molecule has 104 valence electrons. The van der Waals surface area contributed by atoms with Gasteiger partial charge in [-0.3, -0.25) is 0 Å². The van der Waals surface area contributed by atoms with Gasteiger partial charge in [-0.1, -0.05) is 0 Å². The van der Waals surface area contributed by atoms with Crippen molar-refractivity contribution in [2.24, 2.45) is 0 Å². The minimum atomic E-state index is -1.21. The molecule has 0 aromatic carbocycles. The summed E-state index contributed by atoms with van der Waals surface area (Å²) in [6, 6.07) is 0. The normalized spacial score (nSPS) is 18.7. The number of hydrogen-bond acceptors (Lipinski definition) is 7. The van der Waals surface area contributed by atoms with Crippen LogP contribution in [0.1, 0.15) is 13.3 Å². The molecule has 0 rings (SSSR count). The van der Waals surface area contributed by atoms with Crippen molar-refractivity contribution in [1.29, 1.82) is 0 Å². The van der Waals surface area contributed by atoms with Gasteiger partial charge in [0.15, 0.2) is 6.29 Å². The number of aliphatic hydroxyl groups is 4. The fourth-order valence-electron chi connectivity index (χ4n) is 1.10. The standard InChI is InChI=1S/C10H22O6S/c1-7(13)10(15-3-2-4-17)16-9(6-12)8(14)5-11/h7-14,17H,2-6H2,1H3/t7-,8-,9?,10-/m0/s1. The van der Waals surface area contributed by atoms with Crippen molar-refractivity contribution in [1.82, 2.24) is 0 Å². The van der Waals surface area contributed by atoms with Crippen molar-refractivity contribution < 1.29 is 29.9 Å². The first-order valence-corrected chi connectivity index (χ1v) is 6.15. The van der Waals surface area contributed by atoms with Gasteiger partial charge in [0.05, 0.1) is 19.8 Å². The summed E-state index contributed by atoms with van der Waals surface area (Å²) in [5.74, 6) is 0.648. The Morgan fingerprint density at radius 1 is 1.18 bits per heavy atom. The summed E-state index contributed by atoms with van der Waals surface area (Å²) in [4.78, 5) is 0. The van der Waals surface area contributed by atoms with Crippen LogP contribution in [-0.4, -0.2) is 70.6 Å². The molecule has 0 bridgehead atoms. The Morgan fingerprint density at radius 3 is 2.24 bits per heavy atom. The van der Waals surface area contributed by atoms with E-state index in [-0.39, 0.29) is 0 Å². The molecule has 0 aliphatic carbocycles. The zero-order chi connectivity index (χ0) is 13.3. The van der Waals surface area contributed by atoms with Gasteiger partial charge < -0.3 is 29.9 Å². The fraction of sp³-hybridized carbons (Fsp3) is 1.00. The van der Waals surface area contributed by atoms with Crippen molar-refractivity contribution in [2.45, 2.75) is 37.9 Å². The topological polar surface area (TPSA) is 99.4 Å². The second-order valence-corrected chi connectivity index (χ2v) is 4.11. The van der Waals surface area contributed by atoms with Crippen LogP contribution in [0.2, 0.25) is 0 Å². The number of thiol groups is 1. The Labute approximate surface area is 107 Å². The largest absolute Gasteiger partial charge is 0.394 e. The molecule has 4 N–H and O–H groups in total. The summed E-state index contributed by atoms with van der Waals surface area (Å²) in [6.07, 6.45) is -3.37. The lowest BCUT2D eigenvalue weighted by Crippen LogP contribution is -2.42. The van der Waals surface area contributed by atoms with Gasteiger partial charge in [0, 0.05) is 0 Å². The molecule has 0 heterocycles. The van der Waals surface area contributed by atoms with E-state index < -0.39 is 37.8 Å². The molecular weight excluding hydrogens is 248 g/mol. The van der Waals surface area contributed by atoms with E-state index in [1.165, 1.54) is 6.92 Å². The molecule has 0 radical (unpaired) electrons. The summed E-state index contributed by atoms with van der Waals surface area (Å²) in [5, 5.41) is 36.5. The van der Waals surface area contributed by atoms with Crippen LogP contribution in [-0.2, 0) is 9.47 Å². The van der Waals surface area contributed by atoms with Gasteiger partial charge in [0.2, 0.25) is 0 Å². The quantitative estimate of drug-likeness (QED) is 0.193. The van der Waals surface area contributed by atoms with E-state index in [4.69, 9.17) is 19.7 Å². The van der Waals surface area contributed by atoms with Crippen LogP contribution >= 0.6 is 12.6 Å². The highest BCUT2D eigenvalue weighted by Crippen LogP contribution is 2.09. The van der Waals surface area contributed by atoms with E-state index in [0.29, 0.717) is 18.8 Å². The third-order valence-electron chi connectivity index (χ3n) is 2.08. The van der Waals surface area contributed by atoms with Crippen LogP contribution in [0, 0.1) is 0 Å². The van der Waals surface area contributed by atoms with Crippen LogP contribution < -0.4 is 0 Å². The van der Waals surface area contributed by atoms with Crippen LogP contribution in [0.25, 0.3) is 0 Å². The number of ether oxygens (including phenoxy) is 2. The van der Waals surface area contributed by atoms with Crippen LogP contribution in [0.15, 0.2) is 0 Å². The SMILES string of the molecule is C[C@H](O)[C@@H](OCCCS)OC(CO)[C@@H](O)CO. The molecule has 1 unspecified atom stereocenters. The number of rotatable bonds is 10. The van der Waals surface area contributed by atoms with E-state index in [2.05, 4.69) is 12.6 Å². The highest BCUT2D eigenvalue weighted by molar-refractivity contribution is 7.80.